The quantitative estimate of drug-likeness (QED) is 0.0468. The summed E-state index contributed by atoms with van der Waals surface area (Å²) < 4.78 is 26.7. The Bertz CT molecular complexity index is 8170. The van der Waals surface area contributed by atoms with Gasteiger partial charge in [-0.3, -0.25) is 9.59 Å². The number of nitrogens with zero attached hydrogens (tertiary/aromatic N) is 8. The molecule has 0 radical (unpaired) electrons. The van der Waals surface area contributed by atoms with Gasteiger partial charge in [-0.15, -0.1) is 0 Å². The Morgan fingerprint density at radius 3 is 0.762 bits per heavy atom. The van der Waals surface area contributed by atoms with E-state index in [2.05, 4.69) is 123 Å². The summed E-state index contributed by atoms with van der Waals surface area (Å²) >= 11 is 12.9. The first-order chi connectivity index (χ1) is 69.3. The molecule has 0 unspecified atom stereocenters. The number of carboxylic acids is 2. The fourth-order valence-corrected chi connectivity index (χ4v) is 17.7. The molecule has 0 spiro atoms. The Kier molecular flexibility index (Phi) is 34.4. The smallest absolute Gasteiger partial charge is 0.373 e. The molecule has 0 aliphatic rings. The van der Waals surface area contributed by atoms with Crippen LogP contribution in [0.3, 0.4) is 0 Å². The van der Waals surface area contributed by atoms with E-state index in [-0.39, 0.29) is 60.0 Å². The maximum Gasteiger partial charge on any atom is 0.373 e. The number of aromatic nitrogens is 8. The number of esters is 3. The molecule has 0 aliphatic carbocycles. The van der Waals surface area contributed by atoms with Gasteiger partial charge in [-0.25, -0.2) is 63.8 Å². The minimum atomic E-state index is -1.22. The van der Waals surface area contributed by atoms with E-state index < -0.39 is 23.9 Å². The second-order valence-electron chi connectivity index (χ2n) is 31.2. The number of aryl methyl sites for hydroxylation is 4. The lowest BCUT2D eigenvalue weighted by molar-refractivity contribution is -0.193. The lowest BCUT2D eigenvalue weighted by atomic mass is 9.88. The number of aromatic carboxylic acids is 2. The first-order valence-corrected chi connectivity index (χ1v) is 48.0. The number of fused-ring (bicyclic) bond motifs is 12. The number of halogens is 4. The lowest BCUT2D eigenvalue weighted by Gasteiger charge is -2.18. The summed E-state index contributed by atoms with van der Waals surface area (Å²) in [6, 6.07) is 92.5. The molecule has 143 heavy (non-hydrogen) atoms. The molecule has 0 atom stereocenters. The highest BCUT2D eigenvalue weighted by Gasteiger charge is 2.27. The lowest BCUT2D eigenvalue weighted by Crippen LogP contribution is -2.03. The normalized spacial score (nSPS) is 10.4. The van der Waals surface area contributed by atoms with E-state index in [4.69, 9.17) is 77.6 Å². The molecular formula is C111H74Br4N8O20. The number of methoxy groups -OCH3 is 3. The summed E-state index contributed by atoms with van der Waals surface area (Å²) in [5.74, 6) is -3.46. The van der Waals surface area contributed by atoms with Gasteiger partial charge in [0.25, 0.3) is 12.9 Å². The number of benzene rings is 17. The van der Waals surface area contributed by atoms with Crippen LogP contribution in [-0.2, 0) is 52.6 Å². The molecule has 0 aliphatic heterocycles. The van der Waals surface area contributed by atoms with Crippen LogP contribution in [0.4, 0.5) is 0 Å². The van der Waals surface area contributed by atoms with Crippen LogP contribution in [0, 0.1) is 27.7 Å². The number of hydrogen-bond acceptors (Lipinski definition) is 26. The molecule has 2 N–H and O–H groups in total. The molecule has 0 saturated carbocycles. The molecule has 17 aromatic carbocycles. The first-order valence-electron chi connectivity index (χ1n) is 42.7. The Labute approximate surface area is 843 Å². The van der Waals surface area contributed by atoms with Gasteiger partial charge in [-0.1, -0.05) is 175 Å². The molecule has 21 rings (SSSR count). The monoisotopic (exact) mass is 2150 g/mol. The summed E-state index contributed by atoms with van der Waals surface area (Å²) in [6.45, 7) is 8.25. The third-order valence-electron chi connectivity index (χ3n) is 22.1. The van der Waals surface area contributed by atoms with Gasteiger partial charge < -0.3 is 33.9 Å². The van der Waals surface area contributed by atoms with Gasteiger partial charge in [-0.05, 0) is 269 Å². The van der Waals surface area contributed by atoms with Crippen molar-refractivity contribution in [2.75, 3.05) is 21.3 Å². The maximum atomic E-state index is 12.5. The molecule has 0 fully saturated rings. The first kappa shape index (κ1) is 103. The van der Waals surface area contributed by atoms with Crippen molar-refractivity contribution in [1.82, 2.24) is 39.9 Å². The van der Waals surface area contributed by atoms with Crippen molar-refractivity contribution in [3.63, 3.8) is 0 Å². The van der Waals surface area contributed by atoms with Crippen LogP contribution >= 0.6 is 60.1 Å². The predicted molar refractivity (Wildman–Crippen MR) is 555 cm³/mol. The van der Waals surface area contributed by atoms with Gasteiger partial charge in [0.05, 0.1) is 135 Å². The second-order valence-corrected chi connectivity index (χ2v) is 32.8. The van der Waals surface area contributed by atoms with Crippen LogP contribution < -0.4 is 9.47 Å². The van der Waals surface area contributed by atoms with Crippen LogP contribution in [-0.4, -0.2) is 133 Å². The summed E-state index contributed by atoms with van der Waals surface area (Å²) in [5, 5.41) is 27.5. The maximum absolute atomic E-state index is 12.5. The standard InChI is InChI=1S/C34H26N2O4.C32H18N2O8.C16H8Br2N2.C16H10N2.C10H12O2.3CO2.Br2/c1-19-13-21(17-23(15-19)33(37)39-3)29-25-9-5-6-10-26(25)30(22-14-20(2)16-24(18-22)34(38)40-4)32-31(29)35-27-11-7-8-12-28(27)36-32;35-15-41-21-11-17(9-19(13-21)31(37)38)27-23-5-1-2-6-24(23)28(18-10-20(32(39)40)14-22(12-18)42-16-36)30-29(27)33-25-7-3-4-8-26(25)34-30;17-13-9-5-1-2-6-10(9)14(18)16-15(13)19-11-7-3-4-8-12(11)20-16;1-2-6-12-10-16-15(9-11(12)5-1)17-13-7-3-4-8-14(13)18-16;1-7-4-8(2)6-9(5-7)10(11)12-3;3*2-1-3;1-2/h5-18H,1-4H3;1-16H,(H,37,38)(H,39,40);1-8H;1-10H;4-6H,1-3H3;;;;. The van der Waals surface area contributed by atoms with E-state index in [0.717, 1.165) is 130 Å². The van der Waals surface area contributed by atoms with Crippen molar-refractivity contribution in [2.24, 2.45) is 0 Å². The topological polar surface area (TPSA) is 412 Å². The fourth-order valence-electron chi connectivity index (χ4n) is 16.5. The van der Waals surface area contributed by atoms with E-state index in [1.54, 1.807) is 36.4 Å². The molecule has 4 aromatic heterocycles. The molecule has 4 heterocycles. The Morgan fingerprint density at radius 1 is 0.273 bits per heavy atom. The van der Waals surface area contributed by atoms with Crippen molar-refractivity contribution < 1.29 is 96.2 Å². The third kappa shape index (κ3) is 23.4. The number of rotatable bonds is 13. The van der Waals surface area contributed by atoms with E-state index in [1.165, 1.54) is 56.4 Å². The summed E-state index contributed by atoms with van der Waals surface area (Å²) in [5.41, 5.74) is 22.9. The van der Waals surface area contributed by atoms with Gasteiger partial charge in [0.1, 0.15) is 22.5 Å². The highest BCUT2D eigenvalue weighted by Crippen LogP contribution is 2.48. The highest BCUT2D eigenvalue weighted by atomic mass is 80.9. The zero-order chi connectivity index (χ0) is 102. The zero-order valence-electron chi connectivity index (χ0n) is 76.3. The number of ether oxygens (including phenoxy) is 5. The van der Waals surface area contributed by atoms with E-state index in [9.17, 15) is 43.8 Å². The van der Waals surface area contributed by atoms with Gasteiger partial charge in [-0.2, -0.15) is 28.8 Å². The Hall–Kier alpha value is -17.5. The van der Waals surface area contributed by atoms with Gasteiger partial charge >= 0.3 is 48.3 Å². The third-order valence-corrected chi connectivity index (χ3v) is 23.7. The number of carbonyl (C=O) groups excluding carboxylic acids is 11. The fraction of sp³-hybridized carbons (Fsp3) is 0.0631. The average molecular weight is 2160 g/mol. The SMILES string of the molecule is BrBr.Brc1c2ccccc2c(Br)c2nc3ccccc3nc12.COC(=O)c1cc(C)cc(-c2c3ccccc3c(-c3cc(C)cc(C(=O)OC)c3)c3nc4ccccc4nc23)c1.COC(=O)c1cc(C)cc(C)c1.O=C=O.O=C=O.O=C=O.O=COc1cc(C(=O)O)cc(-c2c3ccccc3c(-c3cc(OC=O)cc(C(=O)O)c3)c3nc4ccccc4nc23)c1.c1ccc2cc3nc4ccccc4nc3cc2c1. The predicted octanol–water partition coefficient (Wildman–Crippen LogP) is 24.6. The number of carboxylic acid groups (broad SMARTS) is 2. The molecule has 0 saturated heterocycles. The Balaban J connectivity index is 0.000000155. The molecule has 21 aromatic rings. The van der Waals surface area contributed by atoms with Gasteiger partial charge in [0, 0.05) is 50.5 Å². The molecular weight excluding hydrogens is 2080 g/mol. The van der Waals surface area contributed by atoms with Crippen molar-refractivity contribution >= 4 is 253 Å². The molecule has 28 nitrogen and oxygen atoms in total. The van der Waals surface area contributed by atoms with Crippen molar-refractivity contribution in [1.29, 1.82) is 0 Å². The van der Waals surface area contributed by atoms with Crippen LogP contribution in [0.25, 0.3) is 176 Å². The molecule has 32 heteroatoms. The van der Waals surface area contributed by atoms with E-state index in [1.807, 2.05) is 216 Å². The largest absolute Gasteiger partial charge is 0.478 e. The van der Waals surface area contributed by atoms with Crippen molar-refractivity contribution in [3.05, 3.63) is 356 Å². The molecule has 706 valence electrons. The van der Waals surface area contributed by atoms with Crippen LogP contribution in [0.2, 0.25) is 0 Å². The second kappa shape index (κ2) is 47.7. The van der Waals surface area contributed by atoms with Crippen molar-refractivity contribution in [2.45, 2.75) is 27.7 Å². The minimum Gasteiger partial charge on any atom is -0.478 e. The van der Waals surface area contributed by atoms with Crippen LogP contribution in [0.5, 0.6) is 11.5 Å². The molecule has 0 bridgehead atoms. The number of hydrogen-bond donors (Lipinski definition) is 2. The van der Waals surface area contributed by atoms with Gasteiger partial charge in [0.2, 0.25) is 0 Å². The van der Waals surface area contributed by atoms with Crippen LogP contribution in [0.1, 0.15) is 74.0 Å². The Morgan fingerprint density at radius 2 is 0.497 bits per heavy atom. The summed E-state index contributed by atoms with van der Waals surface area (Å²) in [7, 11) is 4.15. The van der Waals surface area contributed by atoms with E-state index in [0.29, 0.717) is 82.8 Å². The van der Waals surface area contributed by atoms with Gasteiger partial charge in [0.15, 0.2) is 0 Å². The van der Waals surface area contributed by atoms with E-state index >= 15 is 0 Å². The van der Waals surface area contributed by atoms with Crippen molar-refractivity contribution in [3.8, 4) is 56.0 Å². The van der Waals surface area contributed by atoms with Crippen LogP contribution in [0.15, 0.2) is 306 Å². The summed E-state index contributed by atoms with van der Waals surface area (Å²) in [6.07, 6.45) is 0.750. The zero-order valence-corrected chi connectivity index (χ0v) is 82.6. The number of para-hydroxylation sites is 8. The summed E-state index contributed by atoms with van der Waals surface area (Å²) in [4.78, 5) is 170. The highest BCUT2D eigenvalue weighted by molar-refractivity contribution is 9.93. The minimum absolute atomic E-state index is 0.0276. The molecule has 0 amide bonds. The number of carbonyl (C=O) groups is 7. The average Bonchev–Trinajstić information content (AvgIpc) is 0.725.